The third-order valence-electron chi connectivity index (χ3n) is 6.82. The van der Waals surface area contributed by atoms with Crippen molar-refractivity contribution < 1.29 is 37.1 Å². The maximum Gasteiger partial charge on any atom is 0.351 e. The summed E-state index contributed by atoms with van der Waals surface area (Å²) in [6.45, 7) is 1.57. The lowest BCUT2D eigenvalue weighted by molar-refractivity contribution is -0.147. The molecule has 0 unspecified atom stereocenters. The van der Waals surface area contributed by atoms with Crippen LogP contribution in [0.15, 0.2) is 42.7 Å². The van der Waals surface area contributed by atoms with Gasteiger partial charge in [-0.05, 0) is 42.3 Å². The molecule has 3 heterocycles. The van der Waals surface area contributed by atoms with Crippen LogP contribution in [0.3, 0.4) is 0 Å². The number of carbonyl (C=O) groups is 4. The first-order valence-electron chi connectivity index (χ1n) is 13.5. The third kappa shape index (κ3) is 8.63. The van der Waals surface area contributed by atoms with Gasteiger partial charge in [0.05, 0.1) is 25.7 Å². The summed E-state index contributed by atoms with van der Waals surface area (Å²) >= 11 is 0.867. The Labute approximate surface area is 259 Å². The van der Waals surface area contributed by atoms with Crippen LogP contribution in [-0.2, 0) is 21.9 Å². The van der Waals surface area contributed by atoms with Gasteiger partial charge >= 0.3 is 12.0 Å². The fourth-order valence-electron chi connectivity index (χ4n) is 4.27. The van der Waals surface area contributed by atoms with Crippen molar-refractivity contribution in [2.75, 3.05) is 52.3 Å². The number of aromatic nitrogens is 3. The van der Waals surface area contributed by atoms with Crippen molar-refractivity contribution in [2.24, 2.45) is 0 Å². The summed E-state index contributed by atoms with van der Waals surface area (Å²) in [7, 11) is 3.25. The third-order valence-corrected chi connectivity index (χ3v) is 7.48. The number of ether oxygens (including phenoxy) is 1. The number of methoxy groups -OCH3 is 1. The summed E-state index contributed by atoms with van der Waals surface area (Å²) in [6, 6.07) is 3.98. The number of urea groups is 1. The SMILES string of the molecule is COc1ccc(C(F)(F)C(=O)NCNC(=O)Nc2ccc(C[C@@H](NC(=O)c3cnns3)C(=O)N3CCN(C)CC3)cc2F)cn1. The second-order valence-corrected chi connectivity index (χ2v) is 10.7. The smallest absolute Gasteiger partial charge is 0.351 e. The van der Waals surface area contributed by atoms with E-state index in [1.165, 1.54) is 31.5 Å². The quantitative estimate of drug-likeness (QED) is 0.223. The molecule has 4 N–H and O–H groups in total. The highest BCUT2D eigenvalue weighted by Gasteiger charge is 2.41. The number of anilines is 1. The minimum absolute atomic E-state index is 0.0451. The largest absolute Gasteiger partial charge is 0.481 e. The first-order chi connectivity index (χ1) is 21.5. The summed E-state index contributed by atoms with van der Waals surface area (Å²) in [4.78, 5) is 57.9. The van der Waals surface area contributed by atoms with Crippen LogP contribution in [0.2, 0.25) is 0 Å². The topological polar surface area (TPSA) is 171 Å². The number of piperazine rings is 1. The number of carbonyl (C=O) groups excluding carboxylic acids is 4. The number of nitrogens with one attached hydrogen (secondary N) is 4. The Morgan fingerprint density at radius 3 is 2.44 bits per heavy atom. The van der Waals surface area contributed by atoms with Crippen molar-refractivity contribution in [3.8, 4) is 5.88 Å². The zero-order chi connectivity index (χ0) is 32.6. The zero-order valence-corrected chi connectivity index (χ0v) is 25.0. The van der Waals surface area contributed by atoms with Crippen LogP contribution in [0.25, 0.3) is 0 Å². The Bertz CT molecular complexity index is 1500. The Hall–Kier alpha value is -4.84. The molecule has 14 nitrogen and oxygen atoms in total. The van der Waals surface area contributed by atoms with E-state index in [1.807, 2.05) is 12.4 Å². The maximum atomic E-state index is 15.0. The lowest BCUT2D eigenvalue weighted by atomic mass is 10.0. The first kappa shape index (κ1) is 33.1. The molecule has 3 aromatic rings. The van der Waals surface area contributed by atoms with E-state index in [1.54, 1.807) is 4.90 Å². The summed E-state index contributed by atoms with van der Waals surface area (Å²) < 4.78 is 52.3. The number of rotatable bonds is 11. The predicted molar refractivity (Wildman–Crippen MR) is 155 cm³/mol. The Balaban J connectivity index is 1.33. The Kier molecular flexibility index (Phi) is 10.8. The van der Waals surface area contributed by atoms with E-state index in [4.69, 9.17) is 4.74 Å². The number of hydrogen-bond donors (Lipinski definition) is 4. The number of nitrogens with zero attached hydrogens (tertiary/aromatic N) is 5. The van der Waals surface area contributed by atoms with Crippen molar-refractivity contribution in [3.63, 3.8) is 0 Å². The van der Waals surface area contributed by atoms with Gasteiger partial charge < -0.3 is 35.8 Å². The summed E-state index contributed by atoms with van der Waals surface area (Å²) in [6.07, 6.45) is 2.02. The van der Waals surface area contributed by atoms with Crippen LogP contribution in [0.1, 0.15) is 20.8 Å². The molecule has 2 aromatic heterocycles. The fourth-order valence-corrected chi connectivity index (χ4v) is 4.69. The standard InChI is InChI=1S/C27H30F3N9O5S/c1-38-7-9-39(10-8-38)24(41)20(35-23(40)21-14-34-37-45-21)12-16-3-5-19(18(28)11-16)36-26(43)33-15-32-25(42)27(29,30)17-4-6-22(44-2)31-13-17/h3-6,11,13-14,20H,7-10,12,15H2,1-2H3,(H,32,42)(H,35,40)(H2,33,36,43)/t20-/m1/s1. The van der Waals surface area contributed by atoms with Crippen LogP contribution in [0, 0.1) is 5.82 Å². The van der Waals surface area contributed by atoms with E-state index in [-0.39, 0.29) is 28.8 Å². The molecule has 1 atom stereocenters. The summed E-state index contributed by atoms with van der Waals surface area (Å²) in [5.41, 5.74) is -0.574. The molecule has 0 aliphatic carbocycles. The van der Waals surface area contributed by atoms with Gasteiger partial charge in [0.1, 0.15) is 16.7 Å². The Morgan fingerprint density at radius 1 is 1.07 bits per heavy atom. The van der Waals surface area contributed by atoms with Gasteiger partial charge in [0.25, 0.3) is 11.8 Å². The van der Waals surface area contributed by atoms with Crippen molar-refractivity contribution in [1.29, 1.82) is 0 Å². The van der Waals surface area contributed by atoms with Crippen molar-refractivity contribution in [2.45, 2.75) is 18.4 Å². The van der Waals surface area contributed by atoms with Gasteiger partial charge in [0.15, 0.2) is 0 Å². The second kappa shape index (κ2) is 14.8. The highest BCUT2D eigenvalue weighted by Crippen LogP contribution is 2.28. The van der Waals surface area contributed by atoms with Crippen molar-refractivity contribution in [3.05, 3.63) is 64.5 Å². The molecule has 45 heavy (non-hydrogen) atoms. The number of benzene rings is 1. The maximum absolute atomic E-state index is 15.0. The highest BCUT2D eigenvalue weighted by molar-refractivity contribution is 7.07. The molecule has 240 valence electrons. The minimum Gasteiger partial charge on any atom is -0.481 e. The number of likely N-dealkylation sites (N-methyl/N-ethyl adjacent to an activating group) is 1. The minimum atomic E-state index is -3.94. The molecule has 5 amide bonds. The number of halogens is 3. The van der Waals surface area contributed by atoms with E-state index in [9.17, 15) is 32.3 Å². The van der Waals surface area contributed by atoms with E-state index >= 15 is 0 Å². The van der Waals surface area contributed by atoms with Crippen LogP contribution in [0.4, 0.5) is 23.7 Å². The highest BCUT2D eigenvalue weighted by atomic mass is 32.1. The number of pyridine rings is 1. The molecule has 1 saturated heterocycles. The molecule has 4 rings (SSSR count). The van der Waals surface area contributed by atoms with Crippen LogP contribution >= 0.6 is 11.5 Å². The zero-order valence-electron chi connectivity index (χ0n) is 24.2. The van der Waals surface area contributed by atoms with Gasteiger partial charge in [-0.1, -0.05) is 10.6 Å². The molecule has 1 fully saturated rings. The fraction of sp³-hybridized carbons (Fsp3) is 0.370. The first-order valence-corrected chi connectivity index (χ1v) is 14.3. The van der Waals surface area contributed by atoms with Crippen LogP contribution < -0.4 is 26.0 Å². The number of alkyl halides is 2. The molecule has 1 aromatic carbocycles. The van der Waals surface area contributed by atoms with E-state index in [0.29, 0.717) is 31.7 Å². The van der Waals surface area contributed by atoms with E-state index < -0.39 is 47.9 Å². The van der Waals surface area contributed by atoms with Crippen molar-refractivity contribution >= 4 is 41.0 Å². The molecule has 1 aliphatic heterocycles. The average molecular weight is 650 g/mol. The molecule has 0 radical (unpaired) electrons. The monoisotopic (exact) mass is 649 g/mol. The lowest BCUT2D eigenvalue weighted by Crippen LogP contribution is -2.54. The molecule has 0 bridgehead atoms. The van der Waals surface area contributed by atoms with Gasteiger partial charge in [-0.25, -0.2) is 14.2 Å². The molecular formula is C27H30F3N9O5S. The number of hydrogen-bond acceptors (Lipinski definition) is 10. The molecule has 1 aliphatic rings. The van der Waals surface area contributed by atoms with Gasteiger partial charge in [-0.3, -0.25) is 14.4 Å². The Morgan fingerprint density at radius 2 is 1.82 bits per heavy atom. The van der Waals surface area contributed by atoms with Gasteiger partial charge in [-0.15, -0.1) is 5.10 Å². The van der Waals surface area contributed by atoms with Gasteiger partial charge in [0.2, 0.25) is 11.8 Å². The molecule has 0 spiro atoms. The van der Waals surface area contributed by atoms with Crippen LogP contribution in [-0.4, -0.2) is 101 Å². The van der Waals surface area contributed by atoms with E-state index in [0.717, 1.165) is 29.9 Å². The second-order valence-electron chi connectivity index (χ2n) is 9.93. The van der Waals surface area contributed by atoms with Gasteiger partial charge in [0, 0.05) is 50.4 Å². The predicted octanol–water partition coefficient (Wildman–Crippen LogP) is 1.18. The van der Waals surface area contributed by atoms with Gasteiger partial charge in [-0.2, -0.15) is 8.78 Å². The summed E-state index contributed by atoms with van der Waals surface area (Å²) in [5.74, 6) is -7.27. The number of amides is 5. The van der Waals surface area contributed by atoms with Crippen LogP contribution in [0.5, 0.6) is 5.88 Å². The molecular weight excluding hydrogens is 619 g/mol. The normalized spacial score (nSPS) is 14.3. The lowest BCUT2D eigenvalue weighted by Gasteiger charge is -2.34. The summed E-state index contributed by atoms with van der Waals surface area (Å²) in [5, 5.41) is 12.6. The average Bonchev–Trinajstić information content (AvgIpc) is 3.57. The van der Waals surface area contributed by atoms with E-state index in [2.05, 4.69) is 35.4 Å². The van der Waals surface area contributed by atoms with Crippen molar-refractivity contribution in [1.82, 2.24) is 40.3 Å². The molecule has 18 heteroatoms. The molecule has 0 saturated carbocycles.